The normalized spacial score (nSPS) is 13.5. The van der Waals surface area contributed by atoms with Crippen molar-refractivity contribution in [2.75, 3.05) is 29.4 Å². The van der Waals surface area contributed by atoms with E-state index in [1.54, 1.807) is 18.2 Å². The third-order valence-corrected chi connectivity index (χ3v) is 34.9. The van der Waals surface area contributed by atoms with Gasteiger partial charge in [-0.3, -0.25) is 0 Å². The van der Waals surface area contributed by atoms with Crippen molar-refractivity contribution < 1.29 is 17.4 Å². The molecule has 24 rings (SSSR count). The molecule has 1 unspecified atom stereocenters. The van der Waals surface area contributed by atoms with Gasteiger partial charge in [0.15, 0.2) is 11.5 Å². The van der Waals surface area contributed by atoms with Crippen LogP contribution in [0.15, 0.2) is 357 Å². The molecule has 0 aliphatic carbocycles. The van der Waals surface area contributed by atoms with E-state index in [1.807, 2.05) is 86.3 Å². The first-order valence-electron chi connectivity index (χ1n) is 50.6. The van der Waals surface area contributed by atoms with Crippen LogP contribution in [0.25, 0.3) is 0 Å². The van der Waals surface area contributed by atoms with Crippen LogP contribution in [0, 0.1) is 166 Å². The first-order valence-corrected chi connectivity index (χ1v) is 55.8. The molecule has 0 saturated carbocycles. The zero-order valence-electron chi connectivity index (χ0n) is 88.8. The van der Waals surface area contributed by atoms with Gasteiger partial charge in [-0.05, 0) is 337 Å². The Morgan fingerprint density at radius 1 is 0.231 bits per heavy atom. The Hall–Kier alpha value is -14.5. The second kappa shape index (κ2) is 41.4. The van der Waals surface area contributed by atoms with Gasteiger partial charge in [-0.1, -0.05) is 209 Å². The average molecular weight is 2050 g/mol. The molecule has 0 spiro atoms. The number of benzene rings is 18. The molecule has 0 radical (unpaired) electrons. The van der Waals surface area contributed by atoms with Gasteiger partial charge in [-0.25, -0.2) is 12.6 Å². The van der Waals surface area contributed by atoms with Crippen LogP contribution < -0.4 is 43.1 Å². The molecule has 738 valence electrons. The van der Waals surface area contributed by atoms with Crippen LogP contribution in [0.5, 0.6) is 11.5 Å². The summed E-state index contributed by atoms with van der Waals surface area (Å²) in [4.78, 5) is 19.2. The zero-order valence-corrected chi connectivity index (χ0v) is 93.0. The number of hydrogen-bond acceptors (Lipinski definition) is 11. The molecule has 0 amide bonds. The zero-order chi connectivity index (χ0) is 104. The summed E-state index contributed by atoms with van der Waals surface area (Å²) in [5.74, 6) is 1.81. The minimum absolute atomic E-state index is 0.359. The predicted molar refractivity (Wildman–Crippen MR) is 623 cm³/mol. The van der Waals surface area contributed by atoms with E-state index in [9.17, 15) is 12.6 Å². The van der Waals surface area contributed by atoms with Crippen molar-refractivity contribution >= 4 is 159 Å². The molecule has 6 aliphatic heterocycles. The van der Waals surface area contributed by atoms with E-state index >= 15 is 0 Å². The molecule has 14 heteroatoms. The maximum atomic E-state index is 13.2. The van der Waals surface area contributed by atoms with E-state index in [0.29, 0.717) is 36.1 Å². The summed E-state index contributed by atoms with van der Waals surface area (Å²) in [5, 5.41) is 0. The van der Waals surface area contributed by atoms with Crippen molar-refractivity contribution in [3.05, 3.63) is 472 Å². The van der Waals surface area contributed by atoms with E-state index in [2.05, 4.69) is 430 Å². The van der Waals surface area contributed by atoms with Crippen molar-refractivity contribution in [3.63, 3.8) is 0 Å². The Bertz CT molecular complexity index is 7700. The third-order valence-electron chi connectivity index (χ3n) is 28.2. The number of hydrogen-bond donors (Lipinski definition) is 0. The SMILES string of the molecule is Cc1cc(C)c(N2c3ccccc3Cc3cc(C)ccc32)c(C)c1.Cc1cc(C)c(N2c3ccccc3Oc3cc(C)ccc32)c(C)c1.Cc1cc(C)c(N2c3ccccc3S(=O)(=O)c3cc(C)ccc32)c(C)c1.Cc1cc(C)c(N2c3ccccc3S(=O)c3cc(C)ccc32)c(C)c1.Cc1cc(C)c(N2c3ccccc3Sc3cc(C)ccc32)c(C)c1.Cc1cc(C)c(N2c3ccccc3[Se]c3cc(C)ccc32)c(C)c1. The second-order valence-corrected chi connectivity index (χ2v) is 47.4. The molecule has 6 aliphatic rings. The standard InChI is InChI=1S/C23H23N.C22H21NO2S.C22H21NOS.C22H21NO.C22H21NS.C22H21NSe/c1-15-9-10-22-20(13-15)14-19-7-5-6-8-21(19)24(22)23-17(3)11-16(2)12-18(23)4;1-14-9-10-19-21(13-14)26(24,25)20-8-6-5-7-18(20)23(19)22-16(3)11-15(2)12-17(22)4;1-14-9-10-19-21(13-14)25(24)20-8-6-5-7-18(20)23(19)22-16(3)11-15(2)12-17(22)4;3*1-14-9-10-19-21(13-14)24-20-8-6-5-7-18(20)23(19)22-16(3)11-15(2)12-17(22)4/h5-13H,14H2,1-4H3;5-13H,1-4H3;5-13H,1-4H3;3*5-13H,1-4H3. The van der Waals surface area contributed by atoms with E-state index in [-0.39, 0.29) is 0 Å². The average Bonchev–Trinajstić information content (AvgIpc) is 0.716. The topological polar surface area (TPSA) is 79.9 Å². The molecule has 18 aromatic carbocycles. The Morgan fingerprint density at radius 3 is 1.07 bits per heavy atom. The second-order valence-electron chi connectivity index (χ2n) is 40.7. The van der Waals surface area contributed by atoms with Gasteiger partial charge in [-0.15, -0.1) is 0 Å². The molecule has 0 bridgehead atoms. The summed E-state index contributed by atoms with van der Waals surface area (Å²) in [7, 11) is -4.69. The maximum absolute atomic E-state index is 13.2. The summed E-state index contributed by atoms with van der Waals surface area (Å²) in [6, 6.07) is 116. The van der Waals surface area contributed by atoms with E-state index < -0.39 is 20.6 Å². The number of para-hydroxylation sites is 7. The fourth-order valence-corrected chi connectivity index (χ4v) is 29.3. The molecule has 147 heavy (non-hydrogen) atoms. The van der Waals surface area contributed by atoms with Gasteiger partial charge in [0.05, 0.1) is 104 Å². The van der Waals surface area contributed by atoms with Crippen molar-refractivity contribution in [3.8, 4) is 11.5 Å². The third kappa shape index (κ3) is 19.8. The number of ether oxygens (including phenoxy) is 1. The fourth-order valence-electron chi connectivity index (χ4n) is 22.6. The molecular formula is C133H128N6O4S3Se. The van der Waals surface area contributed by atoms with E-state index in [0.717, 1.165) is 78.4 Å². The number of sulfone groups is 1. The van der Waals surface area contributed by atoms with Crippen LogP contribution in [0.2, 0.25) is 0 Å². The number of anilines is 18. The van der Waals surface area contributed by atoms with Gasteiger partial charge >= 0.3 is 150 Å². The van der Waals surface area contributed by atoms with Gasteiger partial charge in [0.25, 0.3) is 0 Å². The van der Waals surface area contributed by atoms with Crippen molar-refractivity contribution in [1.29, 1.82) is 0 Å². The first-order chi connectivity index (χ1) is 70.4. The summed E-state index contributed by atoms with van der Waals surface area (Å²) in [6.45, 7) is 51.6. The predicted octanol–water partition coefficient (Wildman–Crippen LogP) is 35.4. The Kier molecular flexibility index (Phi) is 28.5. The Morgan fingerprint density at radius 2 is 0.544 bits per heavy atom. The van der Waals surface area contributed by atoms with Crippen LogP contribution in [-0.2, 0) is 27.1 Å². The Labute approximate surface area is 884 Å². The molecule has 0 aromatic heterocycles. The van der Waals surface area contributed by atoms with Crippen LogP contribution in [0.4, 0.5) is 102 Å². The molecule has 1 atom stereocenters. The summed E-state index contributed by atoms with van der Waals surface area (Å²) >= 11 is 2.23. The van der Waals surface area contributed by atoms with Gasteiger partial charge in [0.1, 0.15) is 0 Å². The fraction of sp³-hybridized carbons (Fsp3) is 0.188. The van der Waals surface area contributed by atoms with Crippen molar-refractivity contribution in [2.24, 2.45) is 0 Å². The Balaban J connectivity index is 0.000000111. The van der Waals surface area contributed by atoms with E-state index in [1.165, 1.54) is 204 Å². The van der Waals surface area contributed by atoms with Crippen molar-refractivity contribution in [1.82, 2.24) is 0 Å². The number of nitrogens with zero attached hydrogens (tertiary/aromatic N) is 6. The monoisotopic (exact) mass is 2050 g/mol. The number of aryl methyl sites for hydroxylation is 24. The summed E-state index contributed by atoms with van der Waals surface area (Å²) < 4.78 is 48.7. The van der Waals surface area contributed by atoms with Gasteiger partial charge < -0.3 is 29.2 Å². The number of rotatable bonds is 6. The molecule has 6 heterocycles. The van der Waals surface area contributed by atoms with Gasteiger partial charge in [0.2, 0.25) is 9.84 Å². The van der Waals surface area contributed by atoms with Gasteiger partial charge in [-0.2, -0.15) is 0 Å². The summed E-state index contributed by atoms with van der Waals surface area (Å²) in [5.41, 5.74) is 53.9. The first kappa shape index (κ1) is 101. The molecular weight excluding hydrogens is 1920 g/mol. The van der Waals surface area contributed by atoms with Crippen LogP contribution in [0.3, 0.4) is 0 Å². The van der Waals surface area contributed by atoms with Crippen LogP contribution >= 0.6 is 11.8 Å². The van der Waals surface area contributed by atoms with Crippen molar-refractivity contribution in [2.45, 2.75) is 202 Å². The van der Waals surface area contributed by atoms with Crippen LogP contribution in [0.1, 0.15) is 145 Å². The van der Waals surface area contributed by atoms with E-state index in [4.69, 9.17) is 4.74 Å². The minimum atomic E-state index is -3.54. The van der Waals surface area contributed by atoms with Gasteiger partial charge in [0, 0.05) is 27.6 Å². The quantitative estimate of drug-likeness (QED) is 0.149. The van der Waals surface area contributed by atoms with Crippen LogP contribution in [-0.4, -0.2) is 27.6 Å². The molecule has 18 aromatic rings. The molecule has 0 fully saturated rings. The summed E-state index contributed by atoms with van der Waals surface area (Å²) in [6.07, 6.45) is 1.01. The molecule has 0 saturated heterocycles. The molecule has 0 N–H and O–H groups in total. The molecule has 10 nitrogen and oxygen atoms in total. The number of fused-ring (bicyclic) bond motifs is 12.